The summed E-state index contributed by atoms with van der Waals surface area (Å²) in [5.41, 5.74) is 0.575. The highest BCUT2D eigenvalue weighted by Crippen LogP contribution is 2.19. The normalized spacial score (nSPS) is 19.5. The number of likely N-dealkylation sites (tertiary alicyclic amines) is 1. The first kappa shape index (κ1) is 15.7. The number of carbonyl (C=O) groups excluding carboxylic acids is 1. The Hall–Kier alpha value is -1.69. The molecule has 1 N–H and O–H groups in total. The van der Waals surface area contributed by atoms with E-state index < -0.39 is 6.61 Å². The van der Waals surface area contributed by atoms with Crippen LogP contribution in [0.4, 0.5) is 14.5 Å². The number of piperidine rings is 1. The van der Waals surface area contributed by atoms with E-state index in [4.69, 9.17) is 0 Å². The number of anilines is 1. The van der Waals surface area contributed by atoms with Crippen molar-refractivity contribution in [3.05, 3.63) is 24.3 Å². The van der Waals surface area contributed by atoms with Crippen molar-refractivity contribution in [1.29, 1.82) is 0 Å². The molecule has 1 aliphatic heterocycles. The maximum atomic E-state index is 12.0. The van der Waals surface area contributed by atoms with E-state index in [9.17, 15) is 13.6 Å². The van der Waals surface area contributed by atoms with E-state index in [-0.39, 0.29) is 11.7 Å². The summed E-state index contributed by atoms with van der Waals surface area (Å²) in [5.74, 6) is -0.0149. The van der Waals surface area contributed by atoms with Crippen molar-refractivity contribution < 1.29 is 18.3 Å². The minimum atomic E-state index is -2.84. The fraction of sp³-hybridized carbons (Fsp3) is 0.533. The Morgan fingerprint density at radius 3 is 2.71 bits per heavy atom. The number of alkyl halides is 2. The number of benzene rings is 1. The van der Waals surface area contributed by atoms with Crippen LogP contribution in [0.5, 0.6) is 5.75 Å². The zero-order chi connectivity index (χ0) is 15.2. The van der Waals surface area contributed by atoms with Crippen molar-refractivity contribution >= 4 is 11.6 Å². The summed E-state index contributed by atoms with van der Waals surface area (Å²) in [5, 5.41) is 2.77. The lowest BCUT2D eigenvalue weighted by Gasteiger charge is -2.32. The van der Waals surface area contributed by atoms with E-state index in [1.54, 1.807) is 12.1 Å². The molecule has 21 heavy (non-hydrogen) atoms. The van der Waals surface area contributed by atoms with Crippen LogP contribution in [0.15, 0.2) is 24.3 Å². The van der Waals surface area contributed by atoms with Gasteiger partial charge in [0.25, 0.3) is 0 Å². The summed E-state index contributed by atoms with van der Waals surface area (Å²) in [6, 6.07) is 6.34. The van der Waals surface area contributed by atoms with Gasteiger partial charge < -0.3 is 10.1 Å². The SMILES string of the molecule is CC1CCCCN1CC(=O)Nc1ccc(OC(F)F)cc1. The number of hydrogen-bond donors (Lipinski definition) is 1. The molecule has 1 atom stereocenters. The summed E-state index contributed by atoms with van der Waals surface area (Å²) < 4.78 is 28.3. The quantitative estimate of drug-likeness (QED) is 0.908. The fourth-order valence-electron chi connectivity index (χ4n) is 2.50. The Bertz CT molecular complexity index is 465. The van der Waals surface area contributed by atoms with Crippen LogP contribution in [0, 0.1) is 0 Å². The van der Waals surface area contributed by atoms with Crippen LogP contribution >= 0.6 is 0 Å². The first-order valence-electron chi connectivity index (χ1n) is 7.13. The number of hydrogen-bond acceptors (Lipinski definition) is 3. The fourth-order valence-corrected chi connectivity index (χ4v) is 2.50. The monoisotopic (exact) mass is 298 g/mol. The van der Waals surface area contributed by atoms with Crippen LogP contribution in [0.3, 0.4) is 0 Å². The molecular formula is C15H20F2N2O2. The third-order valence-electron chi connectivity index (χ3n) is 3.65. The molecule has 0 spiro atoms. The van der Waals surface area contributed by atoms with Crippen molar-refractivity contribution in [2.75, 3.05) is 18.4 Å². The van der Waals surface area contributed by atoms with Crippen molar-refractivity contribution in [3.8, 4) is 5.75 Å². The van der Waals surface area contributed by atoms with Gasteiger partial charge in [-0.25, -0.2) is 0 Å². The number of ether oxygens (including phenoxy) is 1. The van der Waals surface area contributed by atoms with Crippen LogP contribution in [0.25, 0.3) is 0 Å². The maximum absolute atomic E-state index is 12.0. The Morgan fingerprint density at radius 2 is 2.10 bits per heavy atom. The smallest absolute Gasteiger partial charge is 0.387 e. The number of nitrogens with one attached hydrogen (secondary N) is 1. The molecule has 0 radical (unpaired) electrons. The lowest BCUT2D eigenvalue weighted by atomic mass is 10.0. The van der Waals surface area contributed by atoms with Gasteiger partial charge in [-0.05, 0) is 50.6 Å². The summed E-state index contributed by atoms with van der Waals surface area (Å²) in [6.07, 6.45) is 3.45. The minimum absolute atomic E-state index is 0.0765. The second-order valence-corrected chi connectivity index (χ2v) is 5.27. The molecule has 1 heterocycles. The highest BCUT2D eigenvalue weighted by atomic mass is 19.3. The average molecular weight is 298 g/mol. The van der Waals surface area contributed by atoms with Crippen LogP contribution in [-0.2, 0) is 4.79 Å². The van der Waals surface area contributed by atoms with Crippen LogP contribution < -0.4 is 10.1 Å². The molecule has 1 aliphatic rings. The highest BCUT2D eigenvalue weighted by molar-refractivity contribution is 5.92. The molecular weight excluding hydrogens is 278 g/mol. The zero-order valence-electron chi connectivity index (χ0n) is 12.0. The topological polar surface area (TPSA) is 41.6 Å². The van der Waals surface area contributed by atoms with E-state index in [2.05, 4.69) is 21.9 Å². The van der Waals surface area contributed by atoms with Gasteiger partial charge in [0, 0.05) is 11.7 Å². The zero-order valence-corrected chi connectivity index (χ0v) is 12.0. The Balaban J connectivity index is 1.84. The van der Waals surface area contributed by atoms with E-state index in [0.29, 0.717) is 18.3 Å². The number of nitrogens with zero attached hydrogens (tertiary/aromatic N) is 1. The highest BCUT2D eigenvalue weighted by Gasteiger charge is 2.20. The van der Waals surface area contributed by atoms with E-state index in [0.717, 1.165) is 19.4 Å². The molecule has 1 fully saturated rings. The average Bonchev–Trinajstić information content (AvgIpc) is 2.43. The lowest BCUT2D eigenvalue weighted by molar-refractivity contribution is -0.118. The first-order chi connectivity index (χ1) is 10.0. The minimum Gasteiger partial charge on any atom is -0.435 e. The molecule has 0 aliphatic carbocycles. The summed E-state index contributed by atoms with van der Waals surface area (Å²) in [6.45, 7) is 0.584. The van der Waals surface area contributed by atoms with Gasteiger partial charge in [0.15, 0.2) is 0 Å². The van der Waals surface area contributed by atoms with Gasteiger partial charge in [-0.2, -0.15) is 8.78 Å². The summed E-state index contributed by atoms with van der Waals surface area (Å²) in [7, 11) is 0. The number of amides is 1. The van der Waals surface area contributed by atoms with Gasteiger partial charge in [0.1, 0.15) is 5.75 Å². The largest absolute Gasteiger partial charge is 0.435 e. The molecule has 1 aromatic rings. The third-order valence-corrected chi connectivity index (χ3v) is 3.65. The van der Waals surface area contributed by atoms with Gasteiger partial charge in [0.05, 0.1) is 6.54 Å². The summed E-state index contributed by atoms with van der Waals surface area (Å²) >= 11 is 0. The van der Waals surface area contributed by atoms with E-state index >= 15 is 0 Å². The molecule has 0 bridgehead atoms. The molecule has 0 saturated carbocycles. The molecule has 4 nitrogen and oxygen atoms in total. The molecule has 6 heteroatoms. The second kappa shape index (κ2) is 7.36. The molecule has 1 unspecified atom stereocenters. The molecule has 0 aromatic heterocycles. The number of rotatable bonds is 5. The van der Waals surface area contributed by atoms with Gasteiger partial charge in [-0.1, -0.05) is 6.42 Å². The van der Waals surface area contributed by atoms with Gasteiger partial charge in [-0.3, -0.25) is 9.69 Å². The third kappa shape index (κ3) is 4.97. The lowest BCUT2D eigenvalue weighted by Crippen LogP contribution is -2.42. The van der Waals surface area contributed by atoms with Crippen LogP contribution in [0.1, 0.15) is 26.2 Å². The molecule has 116 valence electrons. The van der Waals surface area contributed by atoms with Crippen LogP contribution in [-0.4, -0.2) is 36.5 Å². The molecule has 1 aromatic carbocycles. The predicted octanol–water partition coefficient (Wildman–Crippen LogP) is 3.10. The predicted molar refractivity (Wildman–Crippen MR) is 76.6 cm³/mol. The molecule has 2 rings (SSSR count). The number of carbonyl (C=O) groups is 1. The van der Waals surface area contributed by atoms with Gasteiger partial charge in [-0.15, -0.1) is 0 Å². The molecule has 1 saturated heterocycles. The first-order valence-corrected chi connectivity index (χ1v) is 7.13. The standard InChI is InChI=1S/C15H20F2N2O2/c1-11-4-2-3-9-19(11)10-14(20)18-12-5-7-13(8-6-12)21-15(16)17/h5-8,11,15H,2-4,9-10H2,1H3,(H,18,20). The second-order valence-electron chi connectivity index (χ2n) is 5.27. The summed E-state index contributed by atoms with van der Waals surface area (Å²) in [4.78, 5) is 14.1. The van der Waals surface area contributed by atoms with Crippen molar-refractivity contribution in [3.63, 3.8) is 0 Å². The molecule has 1 amide bonds. The van der Waals surface area contributed by atoms with E-state index in [1.165, 1.54) is 18.6 Å². The maximum Gasteiger partial charge on any atom is 0.387 e. The Labute approximate surface area is 123 Å². The number of halogens is 2. The Kier molecular flexibility index (Phi) is 5.50. The Morgan fingerprint density at radius 1 is 1.38 bits per heavy atom. The van der Waals surface area contributed by atoms with Crippen molar-refractivity contribution in [2.45, 2.75) is 38.8 Å². The van der Waals surface area contributed by atoms with Crippen molar-refractivity contribution in [1.82, 2.24) is 4.90 Å². The van der Waals surface area contributed by atoms with Crippen LogP contribution in [0.2, 0.25) is 0 Å². The van der Waals surface area contributed by atoms with E-state index in [1.807, 2.05) is 0 Å². The van der Waals surface area contributed by atoms with Gasteiger partial charge >= 0.3 is 6.61 Å². The van der Waals surface area contributed by atoms with Crippen molar-refractivity contribution in [2.24, 2.45) is 0 Å². The van der Waals surface area contributed by atoms with Gasteiger partial charge in [0.2, 0.25) is 5.91 Å².